The van der Waals surface area contributed by atoms with Crippen molar-refractivity contribution >= 4 is 17.6 Å². The Labute approximate surface area is 105 Å². The van der Waals surface area contributed by atoms with E-state index in [-0.39, 0.29) is 18.9 Å². The summed E-state index contributed by atoms with van der Waals surface area (Å²) in [7, 11) is 1.54. The Hall–Kier alpha value is -2.04. The number of hydrogen-bond donors (Lipinski definition) is 1. The van der Waals surface area contributed by atoms with Gasteiger partial charge in [-0.3, -0.25) is 9.59 Å². The third-order valence-electron chi connectivity index (χ3n) is 3.10. The van der Waals surface area contributed by atoms with E-state index >= 15 is 0 Å². The Kier molecular flexibility index (Phi) is 3.23. The van der Waals surface area contributed by atoms with Gasteiger partial charge < -0.3 is 14.7 Å². The number of rotatable bonds is 3. The topological polar surface area (TPSA) is 66.8 Å². The molecule has 0 radical (unpaired) electrons. The minimum atomic E-state index is -0.933. The van der Waals surface area contributed by atoms with Gasteiger partial charge in [-0.05, 0) is 24.6 Å². The smallest absolute Gasteiger partial charge is 0.308 e. The monoisotopic (exact) mass is 249 g/mol. The van der Waals surface area contributed by atoms with Gasteiger partial charge in [-0.1, -0.05) is 6.07 Å². The van der Waals surface area contributed by atoms with E-state index in [2.05, 4.69) is 0 Å². The van der Waals surface area contributed by atoms with Gasteiger partial charge in [-0.2, -0.15) is 0 Å². The zero-order valence-corrected chi connectivity index (χ0v) is 10.3. The minimum absolute atomic E-state index is 0.0480. The van der Waals surface area contributed by atoms with Crippen molar-refractivity contribution in [2.75, 3.05) is 18.6 Å². The maximum absolute atomic E-state index is 11.8. The molecule has 5 nitrogen and oxygen atoms in total. The summed E-state index contributed by atoms with van der Waals surface area (Å²) in [6.07, 6.45) is 0.0480. The van der Waals surface area contributed by atoms with Crippen LogP contribution < -0.4 is 9.64 Å². The summed E-state index contributed by atoms with van der Waals surface area (Å²) in [4.78, 5) is 24.3. The molecule has 96 valence electrons. The molecule has 1 aromatic carbocycles. The molecule has 0 aliphatic carbocycles. The van der Waals surface area contributed by atoms with Crippen molar-refractivity contribution in [1.29, 1.82) is 0 Å². The second-order valence-electron chi connectivity index (χ2n) is 4.42. The van der Waals surface area contributed by atoms with Gasteiger partial charge in [0.1, 0.15) is 5.75 Å². The van der Waals surface area contributed by atoms with E-state index in [0.717, 1.165) is 5.56 Å². The standard InChI is InChI=1S/C13H15NO4/c1-8-3-4-10(11(5-8)18-2)14-7-9(13(16)17)6-12(14)15/h3-5,9H,6-7H2,1-2H3,(H,16,17)/t9-/m0/s1. The van der Waals surface area contributed by atoms with E-state index in [4.69, 9.17) is 9.84 Å². The summed E-state index contributed by atoms with van der Waals surface area (Å²) in [5.41, 5.74) is 1.66. The molecule has 1 atom stereocenters. The molecule has 0 spiro atoms. The number of anilines is 1. The summed E-state index contributed by atoms with van der Waals surface area (Å²) < 4.78 is 5.24. The van der Waals surface area contributed by atoms with E-state index in [1.807, 2.05) is 19.1 Å². The maximum atomic E-state index is 11.8. The lowest BCUT2D eigenvalue weighted by Crippen LogP contribution is -2.26. The number of aliphatic carboxylic acids is 1. The fourth-order valence-corrected chi connectivity index (χ4v) is 2.11. The summed E-state index contributed by atoms with van der Waals surface area (Å²) in [5, 5.41) is 8.96. The summed E-state index contributed by atoms with van der Waals surface area (Å²) in [5.74, 6) is -1.15. The number of carbonyl (C=O) groups excluding carboxylic acids is 1. The molecule has 1 aromatic rings. The number of hydrogen-bond acceptors (Lipinski definition) is 3. The molecular weight excluding hydrogens is 234 g/mol. The maximum Gasteiger partial charge on any atom is 0.308 e. The number of ether oxygens (including phenoxy) is 1. The van der Waals surface area contributed by atoms with Gasteiger partial charge in [0.2, 0.25) is 5.91 Å². The van der Waals surface area contributed by atoms with Crippen molar-refractivity contribution in [2.24, 2.45) is 5.92 Å². The van der Waals surface area contributed by atoms with Gasteiger partial charge in [0.25, 0.3) is 0 Å². The van der Waals surface area contributed by atoms with Crippen molar-refractivity contribution in [3.63, 3.8) is 0 Å². The number of carboxylic acid groups (broad SMARTS) is 1. The molecule has 1 aliphatic rings. The predicted molar refractivity (Wildman–Crippen MR) is 65.8 cm³/mol. The van der Waals surface area contributed by atoms with Gasteiger partial charge in [-0.25, -0.2) is 0 Å². The lowest BCUT2D eigenvalue weighted by molar-refractivity contribution is -0.141. The molecule has 18 heavy (non-hydrogen) atoms. The molecule has 1 saturated heterocycles. The summed E-state index contributed by atoms with van der Waals surface area (Å²) in [6, 6.07) is 5.49. The van der Waals surface area contributed by atoms with E-state index in [1.165, 1.54) is 12.0 Å². The number of amides is 1. The van der Waals surface area contributed by atoms with Crippen LogP contribution in [-0.2, 0) is 9.59 Å². The van der Waals surface area contributed by atoms with Gasteiger partial charge in [0.05, 0.1) is 18.7 Å². The summed E-state index contributed by atoms with van der Waals surface area (Å²) >= 11 is 0. The highest BCUT2D eigenvalue weighted by Gasteiger charge is 2.36. The number of methoxy groups -OCH3 is 1. The van der Waals surface area contributed by atoms with Gasteiger partial charge in [0.15, 0.2) is 0 Å². The van der Waals surface area contributed by atoms with E-state index in [1.54, 1.807) is 6.07 Å². The summed E-state index contributed by atoms with van der Waals surface area (Å²) in [6.45, 7) is 2.13. The van der Waals surface area contributed by atoms with Gasteiger partial charge in [-0.15, -0.1) is 0 Å². The highest BCUT2D eigenvalue weighted by atomic mass is 16.5. The van der Waals surface area contributed by atoms with Gasteiger partial charge in [0, 0.05) is 13.0 Å². The zero-order chi connectivity index (χ0) is 13.3. The van der Waals surface area contributed by atoms with Crippen LogP contribution >= 0.6 is 0 Å². The fraction of sp³-hybridized carbons (Fsp3) is 0.385. The lowest BCUT2D eigenvalue weighted by Gasteiger charge is -2.19. The largest absolute Gasteiger partial charge is 0.495 e. The molecule has 0 bridgehead atoms. The average molecular weight is 249 g/mol. The molecule has 1 heterocycles. The Balaban J connectivity index is 2.32. The fourth-order valence-electron chi connectivity index (χ4n) is 2.11. The Morgan fingerprint density at radius 2 is 2.22 bits per heavy atom. The molecule has 2 rings (SSSR count). The Bertz CT molecular complexity index is 498. The number of carbonyl (C=O) groups is 2. The first kappa shape index (κ1) is 12.4. The van der Waals surface area contributed by atoms with Crippen LogP contribution in [0.5, 0.6) is 5.75 Å². The third kappa shape index (κ3) is 2.16. The van der Waals surface area contributed by atoms with Crippen molar-refractivity contribution in [2.45, 2.75) is 13.3 Å². The average Bonchev–Trinajstić information content (AvgIpc) is 2.71. The molecular formula is C13H15NO4. The number of carboxylic acids is 1. The van der Waals surface area contributed by atoms with Crippen LogP contribution in [0.4, 0.5) is 5.69 Å². The molecule has 0 saturated carbocycles. The Morgan fingerprint density at radius 1 is 1.50 bits per heavy atom. The molecule has 0 aromatic heterocycles. The Morgan fingerprint density at radius 3 is 2.78 bits per heavy atom. The quantitative estimate of drug-likeness (QED) is 0.880. The highest BCUT2D eigenvalue weighted by Crippen LogP contribution is 2.33. The second-order valence-corrected chi connectivity index (χ2v) is 4.42. The van der Waals surface area contributed by atoms with Gasteiger partial charge >= 0.3 is 5.97 Å². The minimum Gasteiger partial charge on any atom is -0.495 e. The van der Waals surface area contributed by atoms with Crippen LogP contribution in [0.15, 0.2) is 18.2 Å². The first-order valence-electron chi connectivity index (χ1n) is 5.70. The first-order valence-corrected chi connectivity index (χ1v) is 5.70. The molecule has 5 heteroatoms. The van der Waals surface area contributed by atoms with E-state index in [9.17, 15) is 9.59 Å². The van der Waals surface area contributed by atoms with Crippen molar-refractivity contribution in [3.8, 4) is 5.75 Å². The van der Waals surface area contributed by atoms with Crippen molar-refractivity contribution in [1.82, 2.24) is 0 Å². The van der Waals surface area contributed by atoms with Crippen LogP contribution in [0, 0.1) is 12.8 Å². The van der Waals surface area contributed by atoms with E-state index < -0.39 is 11.9 Å². The van der Waals surface area contributed by atoms with Crippen molar-refractivity contribution < 1.29 is 19.4 Å². The second kappa shape index (κ2) is 4.68. The lowest BCUT2D eigenvalue weighted by atomic mass is 10.1. The SMILES string of the molecule is COc1cc(C)ccc1N1C[C@@H](C(=O)O)CC1=O. The van der Waals surface area contributed by atoms with Crippen molar-refractivity contribution in [3.05, 3.63) is 23.8 Å². The molecule has 1 amide bonds. The predicted octanol–water partition coefficient (Wildman–Crippen LogP) is 1.44. The van der Waals surface area contributed by atoms with Crippen LogP contribution in [0.2, 0.25) is 0 Å². The normalized spacial score (nSPS) is 19.1. The van der Waals surface area contributed by atoms with Crippen LogP contribution in [0.25, 0.3) is 0 Å². The van der Waals surface area contributed by atoms with E-state index in [0.29, 0.717) is 11.4 Å². The highest BCUT2D eigenvalue weighted by molar-refractivity contribution is 6.00. The zero-order valence-electron chi connectivity index (χ0n) is 10.3. The molecule has 1 aliphatic heterocycles. The third-order valence-corrected chi connectivity index (χ3v) is 3.10. The number of nitrogens with zero attached hydrogens (tertiary/aromatic N) is 1. The van der Waals surface area contributed by atoms with Crippen LogP contribution in [0.3, 0.4) is 0 Å². The molecule has 1 fully saturated rings. The molecule has 1 N–H and O–H groups in total. The number of aryl methyl sites for hydroxylation is 1. The first-order chi connectivity index (χ1) is 8.52. The van der Waals surface area contributed by atoms with Crippen LogP contribution in [-0.4, -0.2) is 30.6 Å². The number of benzene rings is 1. The molecule has 0 unspecified atom stereocenters. The van der Waals surface area contributed by atoms with Crippen LogP contribution in [0.1, 0.15) is 12.0 Å².